The summed E-state index contributed by atoms with van der Waals surface area (Å²) in [5.41, 5.74) is 0. The van der Waals surface area contributed by atoms with Crippen LogP contribution in [0.2, 0.25) is 6.04 Å². The molecular weight excluding hydrogens is 717 g/mol. The molecule has 1 heterocycles. The highest BCUT2D eigenvalue weighted by atomic mass is 28.5. The molecule has 1 radical (unpaired) electrons. The van der Waals surface area contributed by atoms with Gasteiger partial charge in [0.1, 0.15) is 0 Å². The van der Waals surface area contributed by atoms with Crippen molar-refractivity contribution < 1.29 is 16.5 Å². The minimum atomic E-state index is -3.83. The zero-order valence-corrected chi connectivity index (χ0v) is 33.5. The van der Waals surface area contributed by atoms with Gasteiger partial charge in [-0.3, -0.25) is 0 Å². The topological polar surface area (TPSA) is 36.9 Å². The van der Waals surface area contributed by atoms with Gasteiger partial charge in [-0.25, -0.2) is 0 Å². The summed E-state index contributed by atoms with van der Waals surface area (Å²) in [5, 5.41) is 6.96. The van der Waals surface area contributed by atoms with Crippen molar-refractivity contribution >= 4 is 70.6 Å². The van der Waals surface area contributed by atoms with E-state index >= 15 is 0 Å². The Hall–Kier alpha value is -4.75. The predicted molar refractivity (Wildman–Crippen MR) is 225 cm³/mol. The Morgan fingerprint density at radius 1 is 0.283 bits per heavy atom. The molecule has 7 aromatic carbocycles. The summed E-state index contributed by atoms with van der Waals surface area (Å²) in [5.74, 6) is 0. The van der Waals surface area contributed by atoms with Gasteiger partial charge in [0.2, 0.25) is 0 Å². The Bertz CT molecular complexity index is 1980. The van der Waals surface area contributed by atoms with Crippen molar-refractivity contribution in [3.8, 4) is 0 Å². The van der Waals surface area contributed by atoms with Gasteiger partial charge in [0.05, 0.1) is 0 Å². The molecule has 0 spiro atoms. The van der Waals surface area contributed by atoms with E-state index in [0.29, 0.717) is 12.5 Å². The van der Waals surface area contributed by atoms with E-state index in [9.17, 15) is 0 Å². The first-order valence-electron chi connectivity index (χ1n) is 18.1. The molecule has 0 atom stereocenters. The van der Waals surface area contributed by atoms with Crippen LogP contribution in [0.5, 0.6) is 0 Å². The Morgan fingerprint density at radius 2 is 0.491 bits per heavy atom. The van der Waals surface area contributed by atoms with Crippen LogP contribution >= 0.6 is 0 Å². The molecule has 0 bridgehead atoms. The number of benzene rings is 7. The lowest BCUT2D eigenvalue weighted by molar-refractivity contribution is 0.260. The van der Waals surface area contributed by atoms with Gasteiger partial charge < -0.3 is 16.5 Å². The van der Waals surface area contributed by atoms with Crippen molar-refractivity contribution in [2.45, 2.75) is 12.5 Å². The molecule has 0 unspecified atom stereocenters. The number of rotatable bonds is 9. The van der Waals surface area contributed by atoms with Crippen molar-refractivity contribution in [3.05, 3.63) is 219 Å². The third kappa shape index (κ3) is 6.58. The lowest BCUT2D eigenvalue weighted by atomic mass is 10.4. The van der Waals surface area contributed by atoms with Crippen LogP contribution in [0.4, 0.5) is 0 Å². The van der Waals surface area contributed by atoms with Crippen LogP contribution in [0.25, 0.3) is 0 Å². The number of hydrogen-bond acceptors (Lipinski definition) is 4. The van der Waals surface area contributed by atoms with Gasteiger partial charge in [0.15, 0.2) is 0 Å². The van der Waals surface area contributed by atoms with Crippen LogP contribution in [0, 0.1) is 6.92 Å². The van der Waals surface area contributed by atoms with Gasteiger partial charge in [-0.15, -0.1) is 0 Å². The minimum absolute atomic E-state index is 0.595. The summed E-state index contributed by atoms with van der Waals surface area (Å²) in [4.78, 5) is 0. The van der Waals surface area contributed by atoms with Crippen molar-refractivity contribution in [1.29, 1.82) is 0 Å². The van der Waals surface area contributed by atoms with Crippen LogP contribution in [0.1, 0.15) is 6.42 Å². The van der Waals surface area contributed by atoms with Crippen molar-refractivity contribution in [1.82, 2.24) is 0 Å². The Balaban J connectivity index is 1.56. The maximum Gasteiger partial charge on any atom is 0.390 e. The summed E-state index contributed by atoms with van der Waals surface area (Å²) >= 11 is 0. The maximum atomic E-state index is 8.33. The first kappa shape index (κ1) is 35.3. The fourth-order valence-corrected chi connectivity index (χ4v) is 30.2. The fraction of sp³-hybridized carbons (Fsp3) is 0.0444. The highest BCUT2D eigenvalue weighted by molar-refractivity contribution is 7.14. The van der Waals surface area contributed by atoms with Crippen LogP contribution < -0.4 is 36.3 Å². The second-order valence-electron chi connectivity index (χ2n) is 13.2. The second-order valence-corrected chi connectivity index (χ2v) is 26.2. The lowest BCUT2D eigenvalue weighted by Crippen LogP contribution is -2.86. The van der Waals surface area contributed by atoms with Gasteiger partial charge >= 0.3 is 34.2 Å². The minimum Gasteiger partial charge on any atom is -0.405 e. The maximum absolute atomic E-state index is 8.33. The molecule has 0 amide bonds. The van der Waals surface area contributed by atoms with Crippen LogP contribution in [-0.4, -0.2) is 34.2 Å². The molecule has 8 rings (SSSR count). The number of hydrogen-bond donors (Lipinski definition) is 0. The average Bonchev–Trinajstić information content (AvgIpc) is 3.24. The standard InChI is InChI=1S/C45H41O4Si4/c1-2-38-50(39-24-10-3-11-25-39)46-51(40-26-12-4-13-27-40,41-28-14-5-15-29-41)48-53(44-34-20-8-21-35-44,45-36-22-9-23-37-45)49-52(47-50,42-30-16-6-17-31-42)43-32-18-7-19-33-43/h3-37H,1-2,38H2. The summed E-state index contributed by atoms with van der Waals surface area (Å²) < 4.78 is 33.2. The van der Waals surface area contributed by atoms with Gasteiger partial charge in [-0.2, -0.15) is 0 Å². The molecule has 1 saturated heterocycles. The molecule has 261 valence electrons. The average molecular weight is 758 g/mol. The highest BCUT2D eigenvalue weighted by Crippen LogP contribution is 2.34. The fourth-order valence-electron chi connectivity index (χ4n) is 7.39. The molecule has 0 aliphatic carbocycles. The molecule has 7 aromatic rings. The molecule has 0 N–H and O–H groups in total. The van der Waals surface area contributed by atoms with Crippen LogP contribution in [-0.2, 0) is 16.5 Å². The third-order valence-corrected chi connectivity index (χ3v) is 28.2. The third-order valence-electron chi connectivity index (χ3n) is 9.83. The van der Waals surface area contributed by atoms with E-state index < -0.39 is 34.2 Å². The van der Waals surface area contributed by atoms with Crippen molar-refractivity contribution in [3.63, 3.8) is 0 Å². The van der Waals surface area contributed by atoms with E-state index in [1.54, 1.807) is 0 Å². The predicted octanol–water partition coefficient (Wildman–Crippen LogP) is 5.41. The summed E-state index contributed by atoms with van der Waals surface area (Å²) in [6.07, 6.45) is 0.600. The molecule has 1 fully saturated rings. The van der Waals surface area contributed by atoms with E-state index in [1.165, 1.54) is 0 Å². The Morgan fingerprint density at radius 3 is 0.717 bits per heavy atom. The van der Waals surface area contributed by atoms with E-state index in [4.69, 9.17) is 16.5 Å². The normalized spacial score (nSPS) is 17.2. The van der Waals surface area contributed by atoms with E-state index in [1.807, 2.05) is 42.5 Å². The molecule has 1 aliphatic rings. The monoisotopic (exact) mass is 757 g/mol. The summed E-state index contributed by atoms with van der Waals surface area (Å²) in [6.45, 7) is 4.45. The molecule has 4 nitrogen and oxygen atoms in total. The molecular formula is C45H41O4Si4. The van der Waals surface area contributed by atoms with Crippen molar-refractivity contribution in [2.24, 2.45) is 0 Å². The molecule has 0 aromatic heterocycles. The van der Waals surface area contributed by atoms with E-state index in [-0.39, 0.29) is 0 Å². The van der Waals surface area contributed by atoms with Gasteiger partial charge in [-0.1, -0.05) is 226 Å². The Kier molecular flexibility index (Phi) is 10.2. The lowest BCUT2D eigenvalue weighted by Gasteiger charge is -2.53. The van der Waals surface area contributed by atoms with Gasteiger partial charge in [0, 0.05) is 0 Å². The SMILES string of the molecule is [CH2]CC[Si]1(c2ccccc2)O[Si](c2ccccc2)(c2ccccc2)O[Si](c2ccccc2)(c2ccccc2)O[Si](c2ccccc2)(c2ccccc2)O1. The smallest absolute Gasteiger partial charge is 0.390 e. The zero-order chi connectivity index (χ0) is 36.0. The second kappa shape index (κ2) is 15.3. The Labute approximate surface area is 317 Å². The molecule has 8 heteroatoms. The van der Waals surface area contributed by atoms with Crippen LogP contribution in [0.15, 0.2) is 212 Å². The highest BCUT2D eigenvalue weighted by Gasteiger charge is 2.67. The first-order valence-corrected chi connectivity index (χ1v) is 25.6. The zero-order valence-electron chi connectivity index (χ0n) is 29.5. The first-order chi connectivity index (χ1) is 26.1. The van der Waals surface area contributed by atoms with Gasteiger partial charge in [-0.05, 0) is 42.4 Å². The van der Waals surface area contributed by atoms with E-state index in [2.05, 4.69) is 177 Å². The quantitative estimate of drug-likeness (QED) is 0.185. The van der Waals surface area contributed by atoms with Crippen molar-refractivity contribution in [2.75, 3.05) is 0 Å². The molecule has 1 aliphatic heterocycles. The van der Waals surface area contributed by atoms with Crippen LogP contribution in [0.3, 0.4) is 0 Å². The summed E-state index contributed by atoms with van der Waals surface area (Å²) in [7, 11) is -14.9. The van der Waals surface area contributed by atoms with E-state index in [0.717, 1.165) is 36.3 Å². The molecule has 53 heavy (non-hydrogen) atoms. The van der Waals surface area contributed by atoms with Gasteiger partial charge in [0.25, 0.3) is 0 Å². The summed E-state index contributed by atoms with van der Waals surface area (Å²) in [6, 6.07) is 74.2. The largest absolute Gasteiger partial charge is 0.405 e. The molecule has 0 saturated carbocycles.